The second-order valence-electron chi connectivity index (χ2n) is 6.02. The summed E-state index contributed by atoms with van der Waals surface area (Å²) in [6, 6.07) is 11.3. The predicted octanol–water partition coefficient (Wildman–Crippen LogP) is 4.34. The van der Waals surface area contributed by atoms with E-state index in [1.165, 1.54) is 12.8 Å². The molecule has 2 aromatic carbocycles. The first-order chi connectivity index (χ1) is 12.6. The molecule has 6 heteroatoms. The average molecular weight is 381 g/mol. The largest absolute Gasteiger partial charge is 0.496 e. The third-order valence-electron chi connectivity index (χ3n) is 4.12. The zero-order chi connectivity index (χ0) is 18.9. The van der Waals surface area contributed by atoms with E-state index < -0.39 is 0 Å². The monoisotopic (exact) mass is 381 g/mol. The summed E-state index contributed by atoms with van der Waals surface area (Å²) in [6.45, 7) is 4.91. The van der Waals surface area contributed by atoms with E-state index in [1.807, 2.05) is 31.2 Å². The molecule has 0 fully saturated rings. The van der Waals surface area contributed by atoms with Crippen LogP contribution in [-0.2, 0) is 0 Å². The quantitative estimate of drug-likeness (QED) is 0.349. The van der Waals surface area contributed by atoms with Crippen molar-refractivity contribution >= 4 is 38.3 Å². The summed E-state index contributed by atoms with van der Waals surface area (Å²) in [5, 5.41) is 1.00. The molecule has 0 aromatic heterocycles. The molecule has 27 heavy (non-hydrogen) atoms. The Kier molecular flexibility index (Phi) is 10.6. The van der Waals surface area contributed by atoms with Crippen LogP contribution in [0.4, 0.5) is 0 Å². The Morgan fingerprint density at radius 3 is 2.26 bits per heavy atom. The first-order valence-electron chi connectivity index (χ1n) is 8.86. The summed E-state index contributed by atoms with van der Waals surface area (Å²) < 4.78 is 16.5. The van der Waals surface area contributed by atoms with Gasteiger partial charge in [0.2, 0.25) is 0 Å². The Labute approximate surface area is 175 Å². The molecular formula is C21H27LiO4P. The summed E-state index contributed by atoms with van der Waals surface area (Å²) in [5.74, 6) is 1.93. The summed E-state index contributed by atoms with van der Waals surface area (Å²) in [4.78, 5) is 12.9. The fourth-order valence-electron chi connectivity index (χ4n) is 2.67. The van der Waals surface area contributed by atoms with E-state index in [1.54, 1.807) is 26.4 Å². The van der Waals surface area contributed by atoms with Gasteiger partial charge in [-0.15, -0.1) is 0 Å². The minimum absolute atomic E-state index is 0. The Bertz CT molecular complexity index is 727. The molecule has 0 N–H and O–H groups in total. The number of ether oxygens (including phenoxy) is 3. The van der Waals surface area contributed by atoms with Crippen molar-refractivity contribution in [1.29, 1.82) is 0 Å². The van der Waals surface area contributed by atoms with Crippen LogP contribution in [0.25, 0.3) is 0 Å². The smallest absolute Gasteiger partial charge is 0.193 e. The van der Waals surface area contributed by atoms with Gasteiger partial charge >= 0.3 is 0 Å². The molecule has 1 unspecified atom stereocenters. The van der Waals surface area contributed by atoms with Crippen molar-refractivity contribution < 1.29 is 19.0 Å². The Hall–Kier alpha value is -1.46. The van der Waals surface area contributed by atoms with E-state index in [0.29, 0.717) is 17.1 Å². The Balaban J connectivity index is 0.00000364. The van der Waals surface area contributed by atoms with E-state index in [2.05, 4.69) is 6.92 Å². The topological polar surface area (TPSA) is 44.8 Å². The van der Waals surface area contributed by atoms with Gasteiger partial charge in [0, 0.05) is 18.9 Å². The van der Waals surface area contributed by atoms with Crippen molar-refractivity contribution in [3.8, 4) is 17.2 Å². The number of hydrogen-bond acceptors (Lipinski definition) is 4. The van der Waals surface area contributed by atoms with E-state index in [-0.39, 0.29) is 33.0 Å². The maximum absolute atomic E-state index is 12.9. The normalized spacial score (nSPS) is 10.5. The average Bonchev–Trinajstić information content (AvgIpc) is 2.66. The van der Waals surface area contributed by atoms with Crippen LogP contribution in [0.2, 0.25) is 0 Å². The zero-order valence-electron chi connectivity index (χ0n) is 16.9. The van der Waals surface area contributed by atoms with Crippen molar-refractivity contribution in [3.05, 3.63) is 47.5 Å². The van der Waals surface area contributed by atoms with Gasteiger partial charge in [-0.1, -0.05) is 31.9 Å². The van der Waals surface area contributed by atoms with E-state index >= 15 is 0 Å². The van der Waals surface area contributed by atoms with Crippen LogP contribution >= 0.6 is 8.58 Å². The van der Waals surface area contributed by atoms with E-state index in [4.69, 9.17) is 14.2 Å². The molecule has 0 amide bonds. The molecule has 0 saturated carbocycles. The van der Waals surface area contributed by atoms with Crippen molar-refractivity contribution in [3.63, 3.8) is 0 Å². The molecule has 4 nitrogen and oxygen atoms in total. The van der Waals surface area contributed by atoms with Gasteiger partial charge in [-0.2, -0.15) is 0 Å². The molecule has 1 atom stereocenters. The first kappa shape index (κ1) is 23.6. The number of carbonyl (C=O) groups excluding carboxylic acids is 1. The van der Waals surface area contributed by atoms with Crippen molar-refractivity contribution in [2.75, 3.05) is 20.8 Å². The van der Waals surface area contributed by atoms with Crippen LogP contribution in [0.3, 0.4) is 0 Å². The minimum atomic E-state index is -0.00239. The number of rotatable bonds is 10. The van der Waals surface area contributed by atoms with Crippen LogP contribution < -0.4 is 19.5 Å². The third-order valence-corrected chi connectivity index (χ3v) is 5.42. The molecule has 0 heterocycles. The number of methoxy groups -OCH3 is 2. The van der Waals surface area contributed by atoms with Crippen molar-refractivity contribution in [1.82, 2.24) is 0 Å². The molecule has 2 aromatic rings. The van der Waals surface area contributed by atoms with Gasteiger partial charge in [0.05, 0.1) is 20.8 Å². The molecule has 2 rings (SSSR count). The van der Waals surface area contributed by atoms with Gasteiger partial charge in [0.25, 0.3) is 0 Å². The number of carbonyl (C=O) groups is 1. The maximum atomic E-state index is 12.9. The second kappa shape index (κ2) is 12.1. The van der Waals surface area contributed by atoms with Crippen molar-refractivity contribution in [2.24, 2.45) is 0 Å². The van der Waals surface area contributed by atoms with Crippen molar-refractivity contribution in [2.45, 2.75) is 33.1 Å². The van der Waals surface area contributed by atoms with Gasteiger partial charge in [-0.3, -0.25) is 4.79 Å². The fraction of sp³-hybridized carbons (Fsp3) is 0.381. The van der Waals surface area contributed by atoms with Crippen LogP contribution in [0.5, 0.6) is 17.2 Å². The van der Waals surface area contributed by atoms with Gasteiger partial charge in [-0.05, 0) is 57.1 Å². The van der Waals surface area contributed by atoms with Crippen LogP contribution in [-0.4, -0.2) is 45.2 Å². The minimum Gasteiger partial charge on any atom is -0.496 e. The molecule has 141 valence electrons. The number of unbranched alkanes of at least 4 members (excludes halogenated alkanes) is 2. The molecule has 0 spiro atoms. The third kappa shape index (κ3) is 6.58. The zero-order valence-corrected chi connectivity index (χ0v) is 17.9. The molecule has 0 bridgehead atoms. The van der Waals surface area contributed by atoms with Gasteiger partial charge < -0.3 is 14.2 Å². The SMILES string of the molecule is CCCCCOc1ccc(PC(=O)c2c(OC)cccc2OC)c(C)c1.[Li]. The Morgan fingerprint density at radius 1 is 1.04 bits per heavy atom. The van der Waals surface area contributed by atoms with Gasteiger partial charge in [0.1, 0.15) is 22.8 Å². The molecule has 0 aliphatic heterocycles. The standard InChI is InChI=1S/C21H27O4P.Li/c1-5-6-7-13-25-16-11-12-19(15(2)14-16)26-21(22)20-17(23-3)9-8-10-18(20)24-4;/h8-12,14,26H,5-7,13H2,1-4H3;. The number of aryl methyl sites for hydroxylation is 1. The maximum Gasteiger partial charge on any atom is 0.193 e. The van der Waals surface area contributed by atoms with Crippen LogP contribution in [0, 0.1) is 6.92 Å². The van der Waals surface area contributed by atoms with E-state index in [9.17, 15) is 4.79 Å². The fourth-order valence-corrected chi connectivity index (χ4v) is 3.72. The summed E-state index contributed by atoms with van der Waals surface area (Å²) in [6.07, 6.45) is 3.41. The first-order valence-corrected chi connectivity index (χ1v) is 9.86. The van der Waals surface area contributed by atoms with Gasteiger partial charge in [0.15, 0.2) is 5.52 Å². The molecule has 0 aliphatic carbocycles. The molecule has 0 saturated heterocycles. The predicted molar refractivity (Wildman–Crippen MR) is 114 cm³/mol. The molecule has 0 aliphatic rings. The molecule has 1 radical (unpaired) electrons. The van der Waals surface area contributed by atoms with Gasteiger partial charge in [-0.25, -0.2) is 0 Å². The molecular weight excluding hydrogens is 354 g/mol. The summed E-state index contributed by atoms with van der Waals surface area (Å²) >= 11 is 0. The van der Waals surface area contributed by atoms with Crippen LogP contribution in [0.1, 0.15) is 42.1 Å². The van der Waals surface area contributed by atoms with E-state index in [0.717, 1.165) is 29.6 Å². The number of hydrogen-bond donors (Lipinski definition) is 0. The Morgan fingerprint density at radius 2 is 1.70 bits per heavy atom. The summed E-state index contributed by atoms with van der Waals surface area (Å²) in [5.41, 5.74) is 1.55. The number of benzene rings is 2. The summed E-state index contributed by atoms with van der Waals surface area (Å²) in [7, 11) is 3.12. The van der Waals surface area contributed by atoms with Crippen LogP contribution in [0.15, 0.2) is 36.4 Å². The second-order valence-corrected chi connectivity index (χ2v) is 7.27.